The summed E-state index contributed by atoms with van der Waals surface area (Å²) < 4.78 is 0. The second kappa shape index (κ2) is 13.9. The molecule has 0 saturated carbocycles. The van der Waals surface area contributed by atoms with Crippen LogP contribution in [0.2, 0.25) is 0 Å². The number of aromatic nitrogens is 2. The smallest absolute Gasteiger partial charge is 0.160 e. The quantitative estimate of drug-likeness (QED) is 0.169. The van der Waals surface area contributed by atoms with Crippen LogP contribution in [0, 0.1) is 0 Å². The van der Waals surface area contributed by atoms with E-state index in [4.69, 9.17) is 9.97 Å². The molecule has 1 aliphatic carbocycles. The van der Waals surface area contributed by atoms with E-state index >= 15 is 0 Å². The fraction of sp³-hybridized carbons (Fsp3) is 0.0526. The van der Waals surface area contributed by atoms with Gasteiger partial charge in [-0.1, -0.05) is 214 Å². The Morgan fingerprint density at radius 1 is 0.339 bits per heavy atom. The Balaban J connectivity index is 1.07. The molecule has 59 heavy (non-hydrogen) atoms. The predicted molar refractivity (Wildman–Crippen MR) is 247 cm³/mol. The zero-order chi connectivity index (χ0) is 39.5. The predicted octanol–water partition coefficient (Wildman–Crippen LogP) is 15.1. The van der Waals surface area contributed by atoms with Gasteiger partial charge < -0.3 is 0 Å². The monoisotopic (exact) mass is 752 g/mol. The van der Waals surface area contributed by atoms with Gasteiger partial charge in [0.05, 0.1) is 11.4 Å². The summed E-state index contributed by atoms with van der Waals surface area (Å²) in [7, 11) is 0. The van der Waals surface area contributed by atoms with E-state index in [1.165, 1.54) is 66.2 Å². The lowest BCUT2D eigenvalue weighted by molar-refractivity contribution is 0.666. The third kappa shape index (κ3) is 5.87. The van der Waals surface area contributed by atoms with Gasteiger partial charge in [0.15, 0.2) is 5.82 Å². The molecule has 0 aliphatic heterocycles. The minimum absolute atomic E-state index is 0.135. The van der Waals surface area contributed by atoms with Gasteiger partial charge in [0, 0.05) is 22.1 Å². The molecule has 10 aromatic rings. The zero-order valence-electron chi connectivity index (χ0n) is 33.0. The summed E-state index contributed by atoms with van der Waals surface area (Å²) in [6.07, 6.45) is 0. The average molecular weight is 753 g/mol. The first kappa shape index (κ1) is 34.8. The van der Waals surface area contributed by atoms with E-state index in [0.29, 0.717) is 5.82 Å². The first-order valence-corrected chi connectivity index (χ1v) is 20.4. The summed E-state index contributed by atoms with van der Waals surface area (Å²) in [5.41, 5.74) is 17.4. The summed E-state index contributed by atoms with van der Waals surface area (Å²) in [5.74, 6) is 0.698. The van der Waals surface area contributed by atoms with Crippen molar-refractivity contribution in [2.45, 2.75) is 19.3 Å². The van der Waals surface area contributed by atoms with Crippen LogP contribution in [-0.2, 0) is 5.41 Å². The lowest BCUT2D eigenvalue weighted by Gasteiger charge is -2.23. The van der Waals surface area contributed by atoms with Crippen molar-refractivity contribution < 1.29 is 0 Å². The average Bonchev–Trinajstić information content (AvgIpc) is 3.55. The van der Waals surface area contributed by atoms with Crippen LogP contribution < -0.4 is 0 Å². The Bertz CT molecular complexity index is 3100. The molecule has 0 fully saturated rings. The standard InChI is InChI=1S/C57H40N2/c1-57(2)51-23-13-22-49(54(51)50-33-32-41-18-9-10-19-44(41)55(50)57)47-34-35-48(46-21-12-11-20-45(46)47)53-36-52(42-28-24-39(25-29-42)37-14-5-3-6-15-37)58-56(59-53)43-30-26-40(27-31-43)38-16-7-4-8-17-38/h3-36H,1-2H3. The molecule has 2 heteroatoms. The van der Waals surface area contributed by atoms with E-state index in [-0.39, 0.29) is 5.41 Å². The number of rotatable bonds is 6. The van der Waals surface area contributed by atoms with Gasteiger partial charge in [-0.15, -0.1) is 0 Å². The molecular formula is C57H40N2. The van der Waals surface area contributed by atoms with Crippen LogP contribution >= 0.6 is 0 Å². The fourth-order valence-electron chi connectivity index (χ4n) is 9.40. The van der Waals surface area contributed by atoms with Gasteiger partial charge in [0.25, 0.3) is 0 Å². The van der Waals surface area contributed by atoms with Gasteiger partial charge in [-0.2, -0.15) is 0 Å². The molecule has 0 atom stereocenters. The molecule has 0 saturated heterocycles. The molecule has 278 valence electrons. The van der Waals surface area contributed by atoms with Crippen molar-refractivity contribution in [2.75, 3.05) is 0 Å². The maximum Gasteiger partial charge on any atom is 0.160 e. The van der Waals surface area contributed by atoms with E-state index < -0.39 is 0 Å². The first-order chi connectivity index (χ1) is 29.0. The Hall–Kier alpha value is -7.42. The summed E-state index contributed by atoms with van der Waals surface area (Å²) in [4.78, 5) is 10.6. The zero-order valence-corrected chi connectivity index (χ0v) is 33.0. The van der Waals surface area contributed by atoms with E-state index in [9.17, 15) is 0 Å². The minimum Gasteiger partial charge on any atom is -0.228 e. The van der Waals surface area contributed by atoms with E-state index in [1.54, 1.807) is 0 Å². The lowest BCUT2D eigenvalue weighted by Crippen LogP contribution is -2.15. The highest BCUT2D eigenvalue weighted by atomic mass is 14.9. The molecule has 2 nitrogen and oxygen atoms in total. The van der Waals surface area contributed by atoms with Crippen molar-refractivity contribution in [3.05, 3.63) is 217 Å². The third-order valence-corrected chi connectivity index (χ3v) is 12.3. The van der Waals surface area contributed by atoms with Crippen molar-refractivity contribution >= 4 is 21.5 Å². The summed E-state index contributed by atoms with van der Waals surface area (Å²) in [6, 6.07) is 74.2. The van der Waals surface area contributed by atoms with Crippen LogP contribution in [0.4, 0.5) is 0 Å². The first-order valence-electron chi connectivity index (χ1n) is 20.4. The van der Waals surface area contributed by atoms with E-state index in [2.05, 4.69) is 220 Å². The number of hydrogen-bond donors (Lipinski definition) is 0. The Labute approximate surface area is 345 Å². The van der Waals surface area contributed by atoms with Crippen molar-refractivity contribution in [3.63, 3.8) is 0 Å². The van der Waals surface area contributed by atoms with Crippen LogP contribution in [0.1, 0.15) is 25.0 Å². The van der Waals surface area contributed by atoms with Crippen molar-refractivity contribution in [2.24, 2.45) is 0 Å². The highest BCUT2D eigenvalue weighted by molar-refractivity contribution is 6.09. The van der Waals surface area contributed by atoms with Crippen LogP contribution in [0.15, 0.2) is 206 Å². The maximum absolute atomic E-state index is 5.34. The van der Waals surface area contributed by atoms with Gasteiger partial charge >= 0.3 is 0 Å². The van der Waals surface area contributed by atoms with Crippen LogP contribution in [-0.4, -0.2) is 9.97 Å². The Morgan fingerprint density at radius 3 is 1.53 bits per heavy atom. The lowest BCUT2D eigenvalue weighted by atomic mass is 9.80. The van der Waals surface area contributed by atoms with Crippen molar-refractivity contribution in [3.8, 4) is 78.4 Å². The summed E-state index contributed by atoms with van der Waals surface area (Å²) >= 11 is 0. The summed E-state index contributed by atoms with van der Waals surface area (Å²) in [6.45, 7) is 4.76. The van der Waals surface area contributed by atoms with Gasteiger partial charge in [-0.05, 0) is 83.2 Å². The molecule has 0 amide bonds. The number of nitrogens with zero attached hydrogens (tertiary/aromatic N) is 2. The van der Waals surface area contributed by atoms with Crippen LogP contribution in [0.5, 0.6) is 0 Å². The minimum atomic E-state index is -0.135. The molecule has 0 radical (unpaired) electrons. The van der Waals surface area contributed by atoms with Gasteiger partial charge in [0.2, 0.25) is 0 Å². The maximum atomic E-state index is 5.34. The SMILES string of the molecule is CC1(C)c2cccc(-c3ccc(-c4cc(-c5ccc(-c6ccccc6)cc5)nc(-c5ccc(-c6ccccc6)cc5)n4)c4ccccc34)c2-c2ccc3ccccc3c21. The third-order valence-electron chi connectivity index (χ3n) is 12.3. The second-order valence-electron chi connectivity index (χ2n) is 16.1. The molecule has 0 N–H and O–H groups in total. The molecule has 1 aromatic heterocycles. The molecule has 1 aliphatic rings. The highest BCUT2D eigenvalue weighted by Crippen LogP contribution is 2.55. The van der Waals surface area contributed by atoms with Crippen LogP contribution in [0.25, 0.3) is 100.0 Å². The van der Waals surface area contributed by atoms with Gasteiger partial charge in [-0.3, -0.25) is 0 Å². The molecule has 0 unspecified atom stereocenters. The largest absolute Gasteiger partial charge is 0.228 e. The molecular weight excluding hydrogens is 713 g/mol. The molecule has 9 aromatic carbocycles. The number of benzene rings is 9. The highest BCUT2D eigenvalue weighted by Gasteiger charge is 2.38. The molecule has 1 heterocycles. The Kier molecular flexibility index (Phi) is 8.20. The molecule has 0 spiro atoms. The normalized spacial score (nSPS) is 12.7. The fourth-order valence-corrected chi connectivity index (χ4v) is 9.40. The van der Waals surface area contributed by atoms with Gasteiger partial charge in [0.1, 0.15) is 0 Å². The topological polar surface area (TPSA) is 25.8 Å². The Morgan fingerprint density at radius 2 is 0.847 bits per heavy atom. The van der Waals surface area contributed by atoms with Crippen LogP contribution in [0.3, 0.4) is 0 Å². The molecule has 11 rings (SSSR count). The van der Waals surface area contributed by atoms with Crippen molar-refractivity contribution in [1.82, 2.24) is 9.97 Å². The van der Waals surface area contributed by atoms with E-state index in [0.717, 1.165) is 39.0 Å². The second-order valence-corrected chi connectivity index (χ2v) is 16.1. The van der Waals surface area contributed by atoms with Crippen molar-refractivity contribution in [1.29, 1.82) is 0 Å². The number of hydrogen-bond acceptors (Lipinski definition) is 2. The van der Waals surface area contributed by atoms with E-state index in [1.807, 2.05) is 0 Å². The van der Waals surface area contributed by atoms with Gasteiger partial charge in [-0.25, -0.2) is 9.97 Å². The summed E-state index contributed by atoms with van der Waals surface area (Å²) in [5, 5.41) is 4.98. The molecule has 0 bridgehead atoms. The number of fused-ring (bicyclic) bond motifs is 6.